The quantitative estimate of drug-likeness (QED) is 0.800. The molecule has 2 aliphatic rings. The van der Waals surface area contributed by atoms with Crippen molar-refractivity contribution >= 4 is 5.69 Å². The average molecular weight is 240 g/mol. The molecule has 0 radical (unpaired) electrons. The lowest BCUT2D eigenvalue weighted by atomic mass is 9.99. The number of hydrogen-bond acceptors (Lipinski definition) is 2. The van der Waals surface area contributed by atoms with Crippen molar-refractivity contribution in [2.24, 2.45) is 0 Å². The number of terminal acetylenes is 1. The topological polar surface area (TPSA) is 15.3 Å². The maximum absolute atomic E-state index is 5.45. The zero-order valence-electron chi connectivity index (χ0n) is 10.7. The van der Waals surface area contributed by atoms with E-state index in [1.165, 1.54) is 44.5 Å². The molecule has 2 heterocycles. The smallest absolute Gasteiger partial charge is 0.0429 e. The van der Waals surface area contributed by atoms with Gasteiger partial charge in [-0.15, -0.1) is 6.42 Å². The molecule has 18 heavy (non-hydrogen) atoms. The Morgan fingerprint density at radius 2 is 2.17 bits per heavy atom. The van der Waals surface area contributed by atoms with Gasteiger partial charge in [-0.3, -0.25) is 4.90 Å². The predicted molar refractivity (Wildman–Crippen MR) is 75.6 cm³/mol. The molecular formula is C16H20N2. The van der Waals surface area contributed by atoms with E-state index < -0.39 is 0 Å². The number of benzene rings is 1. The van der Waals surface area contributed by atoms with Gasteiger partial charge < -0.3 is 5.32 Å². The summed E-state index contributed by atoms with van der Waals surface area (Å²) in [6.07, 6.45) is 10.8. The van der Waals surface area contributed by atoms with Crippen molar-refractivity contribution in [2.45, 2.75) is 37.8 Å². The first kappa shape index (κ1) is 11.6. The normalized spacial score (nSPS) is 27.5. The molecule has 0 aromatic heterocycles. The van der Waals surface area contributed by atoms with Crippen LogP contribution in [0.15, 0.2) is 24.3 Å². The van der Waals surface area contributed by atoms with E-state index in [2.05, 4.69) is 28.3 Å². The Kier molecular flexibility index (Phi) is 3.25. The summed E-state index contributed by atoms with van der Waals surface area (Å²) in [5.41, 5.74) is 2.13. The maximum atomic E-state index is 5.45. The van der Waals surface area contributed by atoms with Gasteiger partial charge in [-0.2, -0.15) is 0 Å². The molecule has 2 fully saturated rings. The third-order valence-electron chi connectivity index (χ3n) is 4.24. The fraction of sp³-hybridized carbons (Fsp3) is 0.500. The highest BCUT2D eigenvalue weighted by Crippen LogP contribution is 2.29. The van der Waals surface area contributed by atoms with Crippen LogP contribution < -0.4 is 5.32 Å². The molecule has 2 atom stereocenters. The van der Waals surface area contributed by atoms with E-state index >= 15 is 0 Å². The highest BCUT2D eigenvalue weighted by Gasteiger charge is 2.35. The fourth-order valence-corrected chi connectivity index (χ4v) is 3.33. The van der Waals surface area contributed by atoms with Gasteiger partial charge in [0.1, 0.15) is 0 Å². The SMILES string of the molecule is C#Cc1cccc(NC2CCN3CCCCC23)c1. The highest BCUT2D eigenvalue weighted by atomic mass is 15.2. The highest BCUT2D eigenvalue weighted by molar-refractivity contribution is 5.51. The summed E-state index contributed by atoms with van der Waals surface area (Å²) >= 11 is 0. The molecule has 94 valence electrons. The minimum absolute atomic E-state index is 0.596. The number of rotatable bonds is 2. The van der Waals surface area contributed by atoms with Crippen molar-refractivity contribution in [3.05, 3.63) is 29.8 Å². The molecule has 0 bridgehead atoms. The Morgan fingerprint density at radius 1 is 1.22 bits per heavy atom. The number of nitrogens with one attached hydrogen (secondary N) is 1. The molecule has 1 aromatic carbocycles. The van der Waals surface area contributed by atoms with E-state index in [1.807, 2.05) is 12.1 Å². The molecule has 2 aliphatic heterocycles. The summed E-state index contributed by atoms with van der Waals surface area (Å²) in [6.45, 7) is 2.53. The van der Waals surface area contributed by atoms with Gasteiger partial charge in [-0.25, -0.2) is 0 Å². The Morgan fingerprint density at radius 3 is 3.06 bits per heavy atom. The van der Waals surface area contributed by atoms with Crippen LogP contribution >= 0.6 is 0 Å². The zero-order chi connectivity index (χ0) is 12.4. The first-order valence-corrected chi connectivity index (χ1v) is 6.94. The molecule has 2 saturated heterocycles. The summed E-state index contributed by atoms with van der Waals surface area (Å²) in [7, 11) is 0. The number of anilines is 1. The van der Waals surface area contributed by atoms with E-state index in [-0.39, 0.29) is 0 Å². The Bertz CT molecular complexity index is 460. The van der Waals surface area contributed by atoms with Crippen LogP contribution in [-0.2, 0) is 0 Å². The minimum atomic E-state index is 0.596. The van der Waals surface area contributed by atoms with Crippen molar-refractivity contribution < 1.29 is 0 Å². The van der Waals surface area contributed by atoms with Gasteiger partial charge in [0.05, 0.1) is 0 Å². The number of fused-ring (bicyclic) bond motifs is 1. The third kappa shape index (κ3) is 2.23. The van der Waals surface area contributed by atoms with Crippen LogP contribution in [0.5, 0.6) is 0 Å². The number of piperidine rings is 1. The fourth-order valence-electron chi connectivity index (χ4n) is 3.33. The van der Waals surface area contributed by atoms with Crippen LogP contribution in [0.25, 0.3) is 0 Å². The Labute approximate surface area is 109 Å². The van der Waals surface area contributed by atoms with Crippen molar-refractivity contribution in [3.63, 3.8) is 0 Å². The van der Waals surface area contributed by atoms with Crippen molar-refractivity contribution in [3.8, 4) is 12.3 Å². The molecule has 2 heteroatoms. The monoisotopic (exact) mass is 240 g/mol. The summed E-state index contributed by atoms with van der Waals surface area (Å²) in [4.78, 5) is 2.65. The van der Waals surface area contributed by atoms with Crippen LogP contribution in [0.3, 0.4) is 0 Å². The van der Waals surface area contributed by atoms with Crippen molar-refractivity contribution in [1.82, 2.24) is 4.90 Å². The van der Waals surface area contributed by atoms with E-state index in [4.69, 9.17) is 6.42 Å². The first-order valence-electron chi connectivity index (χ1n) is 6.94. The van der Waals surface area contributed by atoms with E-state index in [0.29, 0.717) is 6.04 Å². The standard InChI is InChI=1S/C16H20N2/c1-2-13-6-5-7-14(12-13)17-15-9-11-18-10-4-3-8-16(15)18/h1,5-7,12,15-17H,3-4,8-11H2. The molecule has 0 spiro atoms. The zero-order valence-corrected chi connectivity index (χ0v) is 10.7. The maximum Gasteiger partial charge on any atom is 0.0429 e. The molecule has 0 amide bonds. The Balaban J connectivity index is 1.71. The molecule has 1 N–H and O–H groups in total. The molecule has 0 aliphatic carbocycles. The summed E-state index contributed by atoms with van der Waals surface area (Å²) in [5, 5.41) is 3.68. The van der Waals surface area contributed by atoms with E-state index in [9.17, 15) is 0 Å². The number of nitrogens with zero attached hydrogens (tertiary/aromatic N) is 1. The first-order chi connectivity index (χ1) is 8.86. The van der Waals surface area contributed by atoms with E-state index in [1.54, 1.807) is 0 Å². The van der Waals surface area contributed by atoms with Crippen LogP contribution in [0.1, 0.15) is 31.2 Å². The van der Waals surface area contributed by atoms with Gasteiger partial charge in [0.15, 0.2) is 0 Å². The lowest BCUT2D eigenvalue weighted by Gasteiger charge is -2.33. The van der Waals surface area contributed by atoms with Crippen molar-refractivity contribution in [1.29, 1.82) is 0 Å². The third-order valence-corrected chi connectivity index (χ3v) is 4.24. The second kappa shape index (κ2) is 5.04. The summed E-state index contributed by atoms with van der Waals surface area (Å²) in [5.74, 6) is 2.70. The van der Waals surface area contributed by atoms with Crippen LogP contribution in [-0.4, -0.2) is 30.1 Å². The van der Waals surface area contributed by atoms with Crippen LogP contribution in [0.2, 0.25) is 0 Å². The lowest BCUT2D eigenvalue weighted by Crippen LogP contribution is -2.41. The molecule has 0 saturated carbocycles. The molecule has 2 nitrogen and oxygen atoms in total. The second-order valence-electron chi connectivity index (χ2n) is 5.36. The lowest BCUT2D eigenvalue weighted by molar-refractivity contribution is 0.193. The summed E-state index contributed by atoms with van der Waals surface area (Å²) < 4.78 is 0. The number of hydrogen-bond donors (Lipinski definition) is 1. The largest absolute Gasteiger partial charge is 0.381 e. The molecular weight excluding hydrogens is 220 g/mol. The van der Waals surface area contributed by atoms with Gasteiger partial charge >= 0.3 is 0 Å². The molecule has 3 rings (SSSR count). The molecule has 2 unspecified atom stereocenters. The van der Waals surface area contributed by atoms with E-state index in [0.717, 1.165) is 11.6 Å². The van der Waals surface area contributed by atoms with Crippen LogP contribution in [0, 0.1) is 12.3 Å². The van der Waals surface area contributed by atoms with Crippen LogP contribution in [0.4, 0.5) is 5.69 Å². The van der Waals surface area contributed by atoms with Gasteiger partial charge in [-0.1, -0.05) is 18.4 Å². The minimum Gasteiger partial charge on any atom is -0.381 e. The van der Waals surface area contributed by atoms with Gasteiger partial charge in [0, 0.05) is 29.9 Å². The predicted octanol–water partition coefficient (Wildman–Crippen LogP) is 2.71. The Hall–Kier alpha value is -1.46. The average Bonchev–Trinajstić information content (AvgIpc) is 2.83. The van der Waals surface area contributed by atoms with Gasteiger partial charge in [-0.05, 0) is 44.0 Å². The molecule has 1 aromatic rings. The summed E-state index contributed by atoms with van der Waals surface area (Å²) in [6, 6.07) is 9.53. The van der Waals surface area contributed by atoms with Gasteiger partial charge in [0.2, 0.25) is 0 Å². The van der Waals surface area contributed by atoms with Crippen molar-refractivity contribution in [2.75, 3.05) is 18.4 Å². The van der Waals surface area contributed by atoms with Gasteiger partial charge in [0.25, 0.3) is 0 Å². The second-order valence-corrected chi connectivity index (χ2v) is 5.36.